The van der Waals surface area contributed by atoms with Crippen LogP contribution in [0.2, 0.25) is 0 Å². The number of esters is 1. The third-order valence-corrected chi connectivity index (χ3v) is 6.10. The van der Waals surface area contributed by atoms with E-state index in [-0.39, 0.29) is 18.7 Å². The van der Waals surface area contributed by atoms with Crippen LogP contribution in [-0.2, 0) is 20.9 Å². The molecule has 1 unspecified atom stereocenters. The van der Waals surface area contributed by atoms with E-state index in [4.69, 9.17) is 4.74 Å². The average molecular weight is 415 g/mol. The molecule has 2 aliphatic rings. The first-order chi connectivity index (χ1) is 13.3. The number of anilines is 1. The number of halogens is 5. The fourth-order valence-electron chi connectivity index (χ4n) is 3.30. The van der Waals surface area contributed by atoms with Crippen LogP contribution in [0.25, 0.3) is 0 Å². The number of hydrogen-bond acceptors (Lipinski definition) is 4. The molecule has 0 spiro atoms. The van der Waals surface area contributed by atoms with E-state index in [1.807, 2.05) is 0 Å². The standard InChI is InChI=1S/C18H10F5NO3S/c19-12-8(13(20)15(22)16(23)14(12)21)7-27-17(26)18-6-5-11(25)24(18)9-3-1-2-4-10(9)28-18/h1-4H,5-7H2. The highest BCUT2D eigenvalue weighted by atomic mass is 32.2. The molecule has 2 aliphatic heterocycles. The van der Waals surface area contributed by atoms with Crippen molar-refractivity contribution in [1.29, 1.82) is 0 Å². The highest BCUT2D eigenvalue weighted by Crippen LogP contribution is 2.56. The zero-order valence-corrected chi connectivity index (χ0v) is 14.7. The molecule has 0 saturated carbocycles. The summed E-state index contributed by atoms with van der Waals surface area (Å²) in [5.74, 6) is -12.0. The number of fused-ring (bicyclic) bond motifs is 3. The van der Waals surface area contributed by atoms with Gasteiger partial charge in [0.25, 0.3) is 0 Å². The summed E-state index contributed by atoms with van der Waals surface area (Å²) in [4.78, 5) is 25.5. The normalized spacial score (nSPS) is 20.3. The maximum atomic E-state index is 13.8. The lowest BCUT2D eigenvalue weighted by atomic mass is 10.1. The molecule has 1 saturated heterocycles. The minimum Gasteiger partial charge on any atom is -0.458 e. The number of hydrogen-bond donors (Lipinski definition) is 0. The molecule has 0 bridgehead atoms. The molecule has 4 rings (SSSR count). The zero-order chi connectivity index (χ0) is 20.2. The van der Waals surface area contributed by atoms with E-state index in [2.05, 4.69) is 0 Å². The van der Waals surface area contributed by atoms with Gasteiger partial charge in [0.2, 0.25) is 11.7 Å². The van der Waals surface area contributed by atoms with E-state index in [0.29, 0.717) is 10.6 Å². The molecule has 4 nitrogen and oxygen atoms in total. The van der Waals surface area contributed by atoms with E-state index in [1.54, 1.807) is 24.3 Å². The molecule has 0 aliphatic carbocycles. The van der Waals surface area contributed by atoms with Gasteiger partial charge in [-0.05, 0) is 12.1 Å². The Labute approximate surface area is 159 Å². The number of benzene rings is 2. The van der Waals surface area contributed by atoms with Gasteiger partial charge < -0.3 is 4.74 Å². The van der Waals surface area contributed by atoms with Gasteiger partial charge in [0, 0.05) is 17.7 Å². The van der Waals surface area contributed by atoms with Gasteiger partial charge in [-0.3, -0.25) is 9.69 Å². The fraction of sp³-hybridized carbons (Fsp3) is 0.222. The number of amides is 1. The van der Waals surface area contributed by atoms with Crippen molar-refractivity contribution in [2.24, 2.45) is 0 Å². The van der Waals surface area contributed by atoms with E-state index >= 15 is 0 Å². The first kappa shape index (κ1) is 18.7. The number of rotatable bonds is 3. The van der Waals surface area contributed by atoms with Crippen molar-refractivity contribution in [3.8, 4) is 0 Å². The second-order valence-electron chi connectivity index (χ2n) is 6.21. The molecule has 0 N–H and O–H groups in total. The average Bonchev–Trinajstić information content (AvgIpc) is 3.20. The van der Waals surface area contributed by atoms with Gasteiger partial charge in [-0.2, -0.15) is 0 Å². The highest BCUT2D eigenvalue weighted by molar-refractivity contribution is 8.02. The number of carbonyl (C=O) groups is 2. The summed E-state index contributed by atoms with van der Waals surface area (Å²) < 4.78 is 72.3. The minimum atomic E-state index is -2.29. The van der Waals surface area contributed by atoms with Crippen LogP contribution >= 0.6 is 11.8 Å². The molecule has 1 fully saturated rings. The molecule has 2 heterocycles. The van der Waals surface area contributed by atoms with Crippen molar-refractivity contribution in [2.75, 3.05) is 4.90 Å². The highest BCUT2D eigenvalue weighted by Gasteiger charge is 2.58. The Balaban J connectivity index is 1.63. The quantitative estimate of drug-likeness (QED) is 0.328. The van der Waals surface area contributed by atoms with Crippen LogP contribution in [0.5, 0.6) is 0 Å². The molecule has 1 amide bonds. The molecule has 146 valence electrons. The Bertz CT molecular complexity index is 1000. The van der Waals surface area contributed by atoms with Gasteiger partial charge in [-0.15, -0.1) is 0 Å². The van der Waals surface area contributed by atoms with Gasteiger partial charge in [-0.25, -0.2) is 26.7 Å². The van der Waals surface area contributed by atoms with Crippen molar-refractivity contribution in [3.63, 3.8) is 0 Å². The molecule has 2 aromatic rings. The predicted octanol–water partition coefficient (Wildman–Crippen LogP) is 4.05. The first-order valence-electron chi connectivity index (χ1n) is 8.06. The van der Waals surface area contributed by atoms with E-state index < -0.39 is 52.1 Å². The zero-order valence-electron chi connectivity index (χ0n) is 13.9. The molecule has 0 radical (unpaired) electrons. The second-order valence-corrected chi connectivity index (χ2v) is 7.53. The SMILES string of the molecule is O=C1CCC2(C(=O)OCc3c(F)c(F)c(F)c(F)c3F)Sc3ccccc3N12. The van der Waals surface area contributed by atoms with E-state index in [1.165, 1.54) is 4.90 Å². The molecule has 2 aromatic carbocycles. The van der Waals surface area contributed by atoms with Crippen molar-refractivity contribution in [2.45, 2.75) is 29.2 Å². The van der Waals surface area contributed by atoms with E-state index in [9.17, 15) is 31.5 Å². The minimum absolute atomic E-state index is 0.0545. The maximum absolute atomic E-state index is 13.8. The number of ether oxygens (including phenoxy) is 1. The van der Waals surface area contributed by atoms with Crippen LogP contribution < -0.4 is 4.90 Å². The van der Waals surface area contributed by atoms with Crippen LogP contribution in [0.15, 0.2) is 29.2 Å². The Hall–Kier alpha value is -2.62. The lowest BCUT2D eigenvalue weighted by Crippen LogP contribution is -2.47. The fourth-order valence-corrected chi connectivity index (χ4v) is 4.71. The van der Waals surface area contributed by atoms with Gasteiger partial charge in [-0.1, -0.05) is 23.9 Å². The summed E-state index contributed by atoms with van der Waals surface area (Å²) in [6.45, 7) is -1.16. The molecule has 10 heteroatoms. The Kier molecular flexibility index (Phi) is 4.33. The number of carbonyl (C=O) groups excluding carboxylic acids is 2. The summed E-state index contributed by atoms with van der Waals surface area (Å²) in [5.41, 5.74) is -0.749. The van der Waals surface area contributed by atoms with E-state index in [0.717, 1.165) is 11.8 Å². The smallest absolute Gasteiger partial charge is 0.343 e. The van der Waals surface area contributed by atoms with Crippen molar-refractivity contribution in [1.82, 2.24) is 0 Å². The number of thioether (sulfide) groups is 1. The first-order valence-corrected chi connectivity index (χ1v) is 8.88. The monoisotopic (exact) mass is 415 g/mol. The lowest BCUT2D eigenvalue weighted by molar-refractivity contribution is -0.148. The number of para-hydroxylation sites is 1. The van der Waals surface area contributed by atoms with Gasteiger partial charge in [0.1, 0.15) is 6.61 Å². The lowest BCUT2D eigenvalue weighted by Gasteiger charge is -2.28. The number of nitrogens with zero attached hydrogens (tertiary/aromatic N) is 1. The maximum Gasteiger partial charge on any atom is 0.343 e. The predicted molar refractivity (Wildman–Crippen MR) is 87.8 cm³/mol. The summed E-state index contributed by atoms with van der Waals surface area (Å²) >= 11 is 1.05. The van der Waals surface area contributed by atoms with Crippen LogP contribution in [-0.4, -0.2) is 16.7 Å². The third-order valence-electron chi connectivity index (χ3n) is 4.64. The molecule has 0 aromatic heterocycles. The second kappa shape index (κ2) is 6.47. The van der Waals surface area contributed by atoms with Gasteiger partial charge >= 0.3 is 5.97 Å². The van der Waals surface area contributed by atoms with Crippen LogP contribution in [0.4, 0.5) is 27.6 Å². The molecular weight excluding hydrogens is 405 g/mol. The summed E-state index contributed by atoms with van der Waals surface area (Å²) in [5, 5.41) is 0. The summed E-state index contributed by atoms with van der Waals surface area (Å²) in [6.07, 6.45) is 0.139. The van der Waals surface area contributed by atoms with Crippen LogP contribution in [0, 0.1) is 29.1 Å². The molecule has 28 heavy (non-hydrogen) atoms. The third kappa shape index (κ3) is 2.50. The van der Waals surface area contributed by atoms with Crippen molar-refractivity contribution < 1.29 is 36.3 Å². The molecular formula is C18H10F5NO3S. The summed E-state index contributed by atoms with van der Waals surface area (Å²) in [6, 6.07) is 6.74. The summed E-state index contributed by atoms with van der Waals surface area (Å²) in [7, 11) is 0. The Morgan fingerprint density at radius 2 is 1.64 bits per heavy atom. The van der Waals surface area contributed by atoms with Gasteiger partial charge in [0.15, 0.2) is 28.1 Å². The largest absolute Gasteiger partial charge is 0.458 e. The van der Waals surface area contributed by atoms with Crippen LogP contribution in [0.3, 0.4) is 0 Å². The Morgan fingerprint density at radius 1 is 1.04 bits per heavy atom. The van der Waals surface area contributed by atoms with Gasteiger partial charge in [0.05, 0.1) is 11.3 Å². The Morgan fingerprint density at radius 3 is 2.32 bits per heavy atom. The topological polar surface area (TPSA) is 46.6 Å². The van der Waals surface area contributed by atoms with Crippen molar-refractivity contribution >= 4 is 29.3 Å². The van der Waals surface area contributed by atoms with Crippen LogP contribution in [0.1, 0.15) is 18.4 Å². The van der Waals surface area contributed by atoms with Crippen molar-refractivity contribution in [3.05, 3.63) is 58.9 Å². The molecule has 1 atom stereocenters.